The fourth-order valence-corrected chi connectivity index (χ4v) is 3.24. The predicted molar refractivity (Wildman–Crippen MR) is 94.0 cm³/mol. The maximum absolute atomic E-state index is 13.1. The van der Waals surface area contributed by atoms with Crippen LogP contribution in [0.5, 0.6) is 0 Å². The van der Waals surface area contributed by atoms with Crippen molar-refractivity contribution in [3.05, 3.63) is 71.8 Å². The first-order valence-electron chi connectivity index (χ1n) is 8.36. The molecular weight excluding hydrogens is 316 g/mol. The van der Waals surface area contributed by atoms with Crippen molar-refractivity contribution in [2.45, 2.75) is 25.3 Å². The van der Waals surface area contributed by atoms with Crippen LogP contribution < -0.4 is 5.32 Å². The lowest BCUT2D eigenvalue weighted by Crippen LogP contribution is -2.44. The van der Waals surface area contributed by atoms with Gasteiger partial charge in [0.15, 0.2) is 5.78 Å². The summed E-state index contributed by atoms with van der Waals surface area (Å²) in [6.45, 7) is 1.70. The smallest absolute Gasteiger partial charge is 0.319 e. The van der Waals surface area contributed by atoms with E-state index in [0.29, 0.717) is 12.0 Å². The Balaban J connectivity index is 1.89. The molecule has 0 radical (unpaired) electrons. The Hall–Kier alpha value is -2.95. The van der Waals surface area contributed by atoms with Crippen molar-refractivity contribution >= 4 is 17.7 Å². The van der Waals surface area contributed by atoms with Crippen molar-refractivity contribution in [2.24, 2.45) is 0 Å². The molecule has 2 aromatic rings. The molecule has 0 aliphatic carbocycles. The molecule has 1 atom stereocenters. The Morgan fingerprint density at radius 1 is 1.00 bits per heavy atom. The largest absolute Gasteiger partial charge is 0.325 e. The first-order chi connectivity index (χ1) is 12.1. The highest BCUT2D eigenvalue weighted by atomic mass is 16.2. The first-order valence-corrected chi connectivity index (χ1v) is 8.36. The lowest BCUT2D eigenvalue weighted by molar-refractivity contribution is -0.131. The Morgan fingerprint density at radius 3 is 2.20 bits per heavy atom. The Labute approximate surface area is 146 Å². The average Bonchev–Trinajstić information content (AvgIpc) is 2.88. The monoisotopic (exact) mass is 336 g/mol. The fourth-order valence-electron chi connectivity index (χ4n) is 3.24. The first kappa shape index (κ1) is 16.9. The van der Waals surface area contributed by atoms with Gasteiger partial charge in [-0.3, -0.25) is 14.5 Å². The van der Waals surface area contributed by atoms with E-state index in [1.807, 2.05) is 43.3 Å². The third kappa shape index (κ3) is 3.05. The van der Waals surface area contributed by atoms with Crippen LogP contribution in [-0.4, -0.2) is 29.2 Å². The van der Waals surface area contributed by atoms with Gasteiger partial charge in [-0.25, -0.2) is 4.79 Å². The number of rotatable bonds is 6. The number of Topliss-reactive ketones (excluding diaryl/α,β-unsaturated/α-hetero) is 1. The molecule has 0 saturated carbocycles. The van der Waals surface area contributed by atoms with E-state index in [-0.39, 0.29) is 18.2 Å². The number of benzene rings is 2. The Kier molecular flexibility index (Phi) is 4.65. The lowest BCUT2D eigenvalue weighted by atomic mass is 9.85. The quantitative estimate of drug-likeness (QED) is 0.651. The van der Waals surface area contributed by atoms with E-state index in [0.717, 1.165) is 16.9 Å². The van der Waals surface area contributed by atoms with E-state index in [1.54, 1.807) is 24.3 Å². The zero-order valence-electron chi connectivity index (χ0n) is 14.1. The molecule has 3 amide bonds. The highest BCUT2D eigenvalue weighted by Crippen LogP contribution is 2.33. The predicted octanol–water partition coefficient (Wildman–Crippen LogP) is 3.12. The van der Waals surface area contributed by atoms with Gasteiger partial charge in [0, 0.05) is 5.56 Å². The van der Waals surface area contributed by atoms with E-state index in [1.165, 1.54) is 0 Å². The van der Waals surface area contributed by atoms with Gasteiger partial charge in [0.25, 0.3) is 5.91 Å². The minimum atomic E-state index is -1.09. The van der Waals surface area contributed by atoms with Gasteiger partial charge < -0.3 is 5.32 Å². The van der Waals surface area contributed by atoms with Crippen molar-refractivity contribution in [2.75, 3.05) is 6.54 Å². The van der Waals surface area contributed by atoms with E-state index in [9.17, 15) is 14.4 Å². The normalized spacial score (nSPS) is 19.8. The summed E-state index contributed by atoms with van der Waals surface area (Å²) in [5.41, 5.74) is 0.130. The van der Waals surface area contributed by atoms with Crippen LogP contribution >= 0.6 is 0 Å². The van der Waals surface area contributed by atoms with Gasteiger partial charge in [-0.2, -0.15) is 0 Å². The molecular formula is C20H20N2O3. The molecule has 1 fully saturated rings. The van der Waals surface area contributed by atoms with Crippen LogP contribution in [0.2, 0.25) is 0 Å². The Bertz CT molecular complexity index is 789. The van der Waals surface area contributed by atoms with Crippen molar-refractivity contribution in [3.8, 4) is 0 Å². The molecule has 0 bridgehead atoms. The van der Waals surface area contributed by atoms with E-state index in [4.69, 9.17) is 0 Å². The summed E-state index contributed by atoms with van der Waals surface area (Å²) in [6, 6.07) is 17.4. The molecule has 1 aliphatic rings. The van der Waals surface area contributed by atoms with Crippen molar-refractivity contribution < 1.29 is 14.4 Å². The van der Waals surface area contributed by atoms with Crippen LogP contribution in [0.25, 0.3) is 0 Å². The lowest BCUT2D eigenvalue weighted by Gasteiger charge is -2.26. The maximum Gasteiger partial charge on any atom is 0.325 e. The van der Waals surface area contributed by atoms with Crippen molar-refractivity contribution in [3.63, 3.8) is 0 Å². The summed E-state index contributed by atoms with van der Waals surface area (Å²) in [7, 11) is 0. The molecule has 0 spiro atoms. The number of nitrogens with one attached hydrogen (secondary N) is 1. The molecule has 25 heavy (non-hydrogen) atoms. The summed E-state index contributed by atoms with van der Waals surface area (Å²) in [6.07, 6.45) is 1.21. The number of ketones is 1. The Morgan fingerprint density at radius 2 is 1.60 bits per heavy atom. The van der Waals surface area contributed by atoms with Crippen molar-refractivity contribution in [1.29, 1.82) is 0 Å². The van der Waals surface area contributed by atoms with Gasteiger partial charge in [-0.15, -0.1) is 0 Å². The summed E-state index contributed by atoms with van der Waals surface area (Å²) >= 11 is 0. The number of amides is 3. The van der Waals surface area contributed by atoms with Gasteiger partial charge in [0.05, 0.1) is 6.54 Å². The van der Waals surface area contributed by atoms with Gasteiger partial charge in [0.2, 0.25) is 0 Å². The molecule has 5 heteroatoms. The van der Waals surface area contributed by atoms with Crippen LogP contribution in [0.4, 0.5) is 4.79 Å². The second-order valence-corrected chi connectivity index (χ2v) is 6.13. The van der Waals surface area contributed by atoms with E-state index < -0.39 is 11.6 Å². The van der Waals surface area contributed by atoms with E-state index >= 15 is 0 Å². The van der Waals surface area contributed by atoms with Gasteiger partial charge in [0.1, 0.15) is 5.54 Å². The van der Waals surface area contributed by atoms with E-state index in [2.05, 4.69) is 5.32 Å². The molecule has 128 valence electrons. The summed E-state index contributed by atoms with van der Waals surface area (Å²) in [5, 5.41) is 2.83. The molecule has 3 rings (SSSR count). The number of carbonyl (C=O) groups is 3. The zero-order chi connectivity index (χ0) is 17.9. The molecule has 1 N–H and O–H groups in total. The summed E-state index contributed by atoms with van der Waals surface area (Å²) in [5.74, 6) is -0.626. The topological polar surface area (TPSA) is 66.5 Å². The second-order valence-electron chi connectivity index (χ2n) is 6.13. The van der Waals surface area contributed by atoms with Gasteiger partial charge >= 0.3 is 6.03 Å². The van der Waals surface area contributed by atoms with Crippen LogP contribution in [0.15, 0.2) is 60.7 Å². The van der Waals surface area contributed by atoms with Crippen molar-refractivity contribution in [1.82, 2.24) is 10.2 Å². The maximum atomic E-state index is 13.1. The number of hydrogen-bond acceptors (Lipinski definition) is 3. The highest BCUT2D eigenvalue weighted by molar-refractivity contribution is 6.11. The molecule has 1 saturated heterocycles. The average molecular weight is 336 g/mol. The second kappa shape index (κ2) is 6.89. The minimum Gasteiger partial charge on any atom is -0.319 e. The molecule has 0 aromatic heterocycles. The number of nitrogens with zero attached hydrogens (tertiary/aromatic N) is 1. The van der Waals surface area contributed by atoms with Crippen LogP contribution in [0, 0.1) is 0 Å². The molecule has 2 aromatic carbocycles. The minimum absolute atomic E-state index is 0.257. The SMILES string of the molecule is CCC[C@@]1(c2ccccc2)NC(=O)N(CC(=O)c2ccccc2)C1=O. The molecule has 1 heterocycles. The summed E-state index contributed by atoms with van der Waals surface area (Å²) < 4.78 is 0. The number of urea groups is 1. The van der Waals surface area contributed by atoms with Gasteiger partial charge in [-0.1, -0.05) is 74.0 Å². The third-order valence-corrected chi connectivity index (χ3v) is 4.46. The fraction of sp³-hybridized carbons (Fsp3) is 0.250. The molecule has 1 aliphatic heterocycles. The van der Waals surface area contributed by atoms with Crippen LogP contribution in [0.1, 0.15) is 35.7 Å². The van der Waals surface area contributed by atoms with Crippen LogP contribution in [-0.2, 0) is 10.3 Å². The molecule has 0 unspecified atom stereocenters. The number of hydrogen-bond donors (Lipinski definition) is 1. The molecule has 5 nitrogen and oxygen atoms in total. The number of imide groups is 1. The number of carbonyl (C=O) groups excluding carboxylic acids is 3. The summed E-state index contributed by atoms with van der Waals surface area (Å²) in [4.78, 5) is 39.0. The van der Waals surface area contributed by atoms with Crippen LogP contribution in [0.3, 0.4) is 0 Å². The van der Waals surface area contributed by atoms with Gasteiger partial charge in [-0.05, 0) is 12.0 Å². The zero-order valence-corrected chi connectivity index (χ0v) is 14.1. The standard InChI is InChI=1S/C20H20N2O3/c1-2-13-20(16-11-7-4-8-12-16)18(24)22(19(25)21-20)14-17(23)15-9-5-3-6-10-15/h3-12H,2,13-14H2,1H3,(H,21,25)/t20-/m0/s1. The third-order valence-electron chi connectivity index (χ3n) is 4.46. The highest BCUT2D eigenvalue weighted by Gasteiger charge is 2.52.